The van der Waals surface area contributed by atoms with E-state index >= 15 is 0 Å². The molecule has 10 nitrogen and oxygen atoms in total. The van der Waals surface area contributed by atoms with Crippen molar-refractivity contribution in [2.24, 2.45) is 5.14 Å². The number of nitrogens with one attached hydrogen (secondary N) is 2. The Kier molecular flexibility index (Phi) is 11.5. The Bertz CT molecular complexity index is 1640. The zero-order valence-corrected chi connectivity index (χ0v) is 26.1. The van der Waals surface area contributed by atoms with Crippen LogP contribution >= 0.6 is 0 Å². The van der Waals surface area contributed by atoms with E-state index in [0.717, 1.165) is 36.8 Å². The van der Waals surface area contributed by atoms with Gasteiger partial charge in [0.25, 0.3) is 5.92 Å². The van der Waals surface area contributed by atoms with Gasteiger partial charge in [0, 0.05) is 42.3 Å². The molecule has 1 saturated carbocycles. The monoisotopic (exact) mass is 645 g/mol. The number of halogens is 2. The number of benzene rings is 2. The van der Waals surface area contributed by atoms with Gasteiger partial charge in [0.1, 0.15) is 5.75 Å². The molecule has 0 aliphatic heterocycles. The Morgan fingerprint density at radius 1 is 1.13 bits per heavy atom. The first-order valence-electron chi connectivity index (χ1n) is 14.8. The fourth-order valence-electron chi connectivity index (χ4n) is 5.77. The van der Waals surface area contributed by atoms with Crippen LogP contribution in [0.4, 0.5) is 20.2 Å². The second-order valence-corrected chi connectivity index (χ2v) is 12.6. The standard InChI is InChI=1S/C32H41F2N5O5S/c1-3-32(33,34)22-39-25(6-5-15-36-29-14-13-26(45(35,42)43)21-31(29)44-2)20-27-28(7-4-8-30(27)39)37-23-9-11-24(12-10-23)38(16-18-40)17-19-41/h3-4,7-8,13-14,20-21,23-24,36-37,40-41H,1,9-12,15-19,22H2,2H3,(H2,35,42,43)/t23-,24+. The normalized spacial score (nSPS) is 17.1. The Balaban J connectivity index is 1.55. The van der Waals surface area contributed by atoms with Crippen molar-refractivity contribution in [2.45, 2.75) is 55.1 Å². The van der Waals surface area contributed by atoms with Gasteiger partial charge in [0.05, 0.1) is 55.2 Å². The molecule has 0 unspecified atom stereocenters. The molecule has 1 aliphatic rings. The minimum atomic E-state index is -3.90. The molecule has 2 aromatic carbocycles. The topological polar surface area (TPSA) is 142 Å². The maximum absolute atomic E-state index is 14.6. The molecular formula is C32H41F2N5O5S. The molecule has 0 saturated heterocycles. The number of nitrogens with two attached hydrogens (primary N) is 1. The second-order valence-electron chi connectivity index (χ2n) is 11.0. The first-order chi connectivity index (χ1) is 21.5. The summed E-state index contributed by atoms with van der Waals surface area (Å²) in [7, 11) is -2.50. The summed E-state index contributed by atoms with van der Waals surface area (Å²) >= 11 is 0. The van der Waals surface area contributed by atoms with E-state index in [-0.39, 0.29) is 36.4 Å². The molecule has 1 aliphatic carbocycles. The Hall–Kier alpha value is -3.67. The molecule has 1 aromatic heterocycles. The van der Waals surface area contributed by atoms with Gasteiger partial charge in [0.15, 0.2) is 0 Å². The van der Waals surface area contributed by atoms with Gasteiger partial charge in [0.2, 0.25) is 10.0 Å². The number of hydrogen-bond acceptors (Lipinski definition) is 8. The molecule has 0 amide bonds. The summed E-state index contributed by atoms with van der Waals surface area (Å²) in [6, 6.07) is 12.0. The van der Waals surface area contributed by atoms with E-state index in [2.05, 4.69) is 34.0 Å². The number of aromatic nitrogens is 1. The number of aliphatic hydroxyl groups is 2. The van der Waals surface area contributed by atoms with Crippen LogP contribution in [0, 0.1) is 11.8 Å². The summed E-state index contributed by atoms with van der Waals surface area (Å²) in [4.78, 5) is 2.04. The van der Waals surface area contributed by atoms with Crippen molar-refractivity contribution < 1.29 is 32.1 Å². The van der Waals surface area contributed by atoms with Gasteiger partial charge in [-0.1, -0.05) is 18.6 Å². The number of aliphatic hydroxyl groups excluding tert-OH is 2. The highest BCUT2D eigenvalue weighted by atomic mass is 32.2. The van der Waals surface area contributed by atoms with E-state index in [4.69, 9.17) is 9.88 Å². The highest BCUT2D eigenvalue weighted by Crippen LogP contribution is 2.33. The highest BCUT2D eigenvalue weighted by molar-refractivity contribution is 7.89. The predicted molar refractivity (Wildman–Crippen MR) is 172 cm³/mol. The predicted octanol–water partition coefficient (Wildman–Crippen LogP) is 3.59. The summed E-state index contributed by atoms with van der Waals surface area (Å²) in [6.07, 6.45) is 4.25. The number of anilines is 2. The molecule has 0 atom stereocenters. The van der Waals surface area contributed by atoms with Crippen molar-refractivity contribution >= 4 is 32.3 Å². The number of nitrogens with zero attached hydrogens (tertiary/aromatic N) is 2. The molecule has 3 aromatic rings. The molecule has 13 heteroatoms. The van der Waals surface area contributed by atoms with Crippen LogP contribution in [0.3, 0.4) is 0 Å². The van der Waals surface area contributed by atoms with Gasteiger partial charge >= 0.3 is 0 Å². The number of allylic oxidation sites excluding steroid dienone is 1. The first kappa shape index (κ1) is 34.2. The van der Waals surface area contributed by atoms with E-state index in [1.807, 2.05) is 12.1 Å². The van der Waals surface area contributed by atoms with E-state index < -0.39 is 22.5 Å². The molecule has 45 heavy (non-hydrogen) atoms. The number of alkyl halides is 2. The minimum Gasteiger partial charge on any atom is -0.495 e. The largest absolute Gasteiger partial charge is 0.495 e. The summed E-state index contributed by atoms with van der Waals surface area (Å²) in [5, 5.41) is 31.5. The Labute approximate surface area is 262 Å². The van der Waals surface area contributed by atoms with Crippen molar-refractivity contribution in [3.63, 3.8) is 0 Å². The highest BCUT2D eigenvalue weighted by Gasteiger charge is 2.28. The van der Waals surface area contributed by atoms with Gasteiger partial charge in [-0.3, -0.25) is 4.90 Å². The van der Waals surface area contributed by atoms with E-state index in [0.29, 0.717) is 42.1 Å². The number of ether oxygens (including phenoxy) is 1. The number of hydrogen-bond donors (Lipinski definition) is 5. The average Bonchev–Trinajstić information content (AvgIpc) is 3.36. The Morgan fingerprint density at radius 3 is 2.47 bits per heavy atom. The van der Waals surface area contributed by atoms with Gasteiger partial charge in [-0.05, 0) is 68.0 Å². The second kappa shape index (κ2) is 15.1. The van der Waals surface area contributed by atoms with Crippen LogP contribution in [0.5, 0.6) is 5.75 Å². The molecular weight excluding hydrogens is 604 g/mol. The molecule has 1 fully saturated rings. The lowest BCUT2D eigenvalue weighted by molar-refractivity contribution is 0.0375. The van der Waals surface area contributed by atoms with Crippen LogP contribution in [-0.4, -0.2) is 86.1 Å². The molecule has 0 bridgehead atoms. The van der Waals surface area contributed by atoms with Gasteiger partial charge in [-0.25, -0.2) is 22.3 Å². The van der Waals surface area contributed by atoms with Crippen molar-refractivity contribution in [3.8, 4) is 17.6 Å². The fraction of sp³-hybridized carbons (Fsp3) is 0.438. The summed E-state index contributed by atoms with van der Waals surface area (Å²) < 4.78 is 59.3. The third-order valence-electron chi connectivity index (χ3n) is 8.05. The third kappa shape index (κ3) is 8.74. The smallest absolute Gasteiger partial charge is 0.283 e. The molecule has 0 radical (unpaired) electrons. The number of rotatable bonds is 14. The van der Waals surface area contributed by atoms with Crippen LogP contribution < -0.4 is 20.5 Å². The molecule has 4 rings (SSSR count). The maximum atomic E-state index is 14.6. The fourth-order valence-corrected chi connectivity index (χ4v) is 6.30. The maximum Gasteiger partial charge on any atom is 0.283 e. The SMILES string of the molecule is C=CC(F)(F)Cn1c(C#CCNc2ccc(S(N)(=O)=O)cc2OC)cc2c(N[C@H]3CC[C@@H](N(CCO)CCO)CC3)cccc21. The van der Waals surface area contributed by atoms with Crippen LogP contribution in [-0.2, 0) is 16.6 Å². The zero-order valence-electron chi connectivity index (χ0n) is 25.3. The van der Waals surface area contributed by atoms with Crippen LogP contribution in [0.25, 0.3) is 10.9 Å². The lowest BCUT2D eigenvalue weighted by Crippen LogP contribution is -2.43. The summed E-state index contributed by atoms with van der Waals surface area (Å²) in [6.45, 7) is 3.96. The number of fused-ring (bicyclic) bond motifs is 1. The van der Waals surface area contributed by atoms with E-state index in [9.17, 15) is 27.4 Å². The number of sulfonamides is 1. The van der Waals surface area contributed by atoms with E-state index in [1.165, 1.54) is 29.9 Å². The average molecular weight is 646 g/mol. The summed E-state index contributed by atoms with van der Waals surface area (Å²) in [5.41, 5.74) is 2.35. The molecule has 0 spiro atoms. The summed E-state index contributed by atoms with van der Waals surface area (Å²) in [5.74, 6) is 3.10. The van der Waals surface area contributed by atoms with Crippen LogP contribution in [0.2, 0.25) is 0 Å². The third-order valence-corrected chi connectivity index (χ3v) is 8.96. The van der Waals surface area contributed by atoms with Crippen molar-refractivity contribution in [2.75, 3.05) is 50.6 Å². The number of primary sulfonamides is 1. The van der Waals surface area contributed by atoms with Crippen LogP contribution in [0.1, 0.15) is 31.4 Å². The van der Waals surface area contributed by atoms with Gasteiger partial charge in [-0.2, -0.15) is 0 Å². The van der Waals surface area contributed by atoms with E-state index in [1.54, 1.807) is 12.1 Å². The van der Waals surface area contributed by atoms with Crippen molar-refractivity contribution in [1.29, 1.82) is 0 Å². The molecule has 244 valence electrons. The lowest BCUT2D eigenvalue weighted by Gasteiger charge is -2.37. The quantitative estimate of drug-likeness (QED) is 0.132. The Morgan fingerprint density at radius 2 is 1.84 bits per heavy atom. The van der Waals surface area contributed by atoms with Gasteiger partial charge < -0.3 is 30.2 Å². The van der Waals surface area contributed by atoms with Gasteiger partial charge in [-0.15, -0.1) is 0 Å². The first-order valence-corrected chi connectivity index (χ1v) is 16.3. The minimum absolute atomic E-state index is 0.0475. The number of methoxy groups -OCH3 is 1. The van der Waals surface area contributed by atoms with Crippen molar-refractivity contribution in [1.82, 2.24) is 9.47 Å². The lowest BCUT2D eigenvalue weighted by atomic mass is 9.89. The molecule has 6 N–H and O–H groups in total. The zero-order chi connectivity index (χ0) is 32.6. The van der Waals surface area contributed by atoms with Crippen molar-refractivity contribution in [3.05, 3.63) is 60.8 Å². The molecule has 1 heterocycles. The van der Waals surface area contributed by atoms with Crippen LogP contribution in [0.15, 0.2) is 60.0 Å².